The Morgan fingerprint density at radius 2 is 2.14 bits per heavy atom. The van der Waals surface area contributed by atoms with Gasteiger partial charge in [-0.3, -0.25) is 0 Å². The van der Waals surface area contributed by atoms with Gasteiger partial charge in [0.15, 0.2) is 0 Å². The van der Waals surface area contributed by atoms with Crippen LogP contribution in [0.5, 0.6) is 0 Å². The molecule has 0 fully saturated rings. The van der Waals surface area contributed by atoms with Crippen LogP contribution >= 0.6 is 11.6 Å². The van der Waals surface area contributed by atoms with Crippen LogP contribution in [0.2, 0.25) is 5.15 Å². The number of benzene rings is 1. The molecular weight excluding hydrogens is 203 g/mol. The molecule has 1 heterocycles. The zero-order chi connectivity index (χ0) is 9.97. The van der Waals surface area contributed by atoms with Crippen molar-refractivity contribution in [3.63, 3.8) is 0 Å². The fourth-order valence-corrected chi connectivity index (χ4v) is 1.37. The quantitative estimate of drug-likeness (QED) is 0.674. The predicted octanol–water partition coefficient (Wildman–Crippen LogP) is 2.94. The van der Waals surface area contributed by atoms with Crippen LogP contribution < -0.4 is 0 Å². The van der Waals surface area contributed by atoms with Crippen molar-refractivity contribution in [1.82, 2.24) is 9.97 Å². The molecule has 4 heteroatoms. The van der Waals surface area contributed by atoms with Crippen LogP contribution in [0, 0.1) is 5.82 Å². The highest BCUT2D eigenvalue weighted by atomic mass is 35.5. The summed E-state index contributed by atoms with van der Waals surface area (Å²) in [6.07, 6.45) is 2.91. The van der Waals surface area contributed by atoms with Gasteiger partial charge in [0.25, 0.3) is 0 Å². The first-order chi connectivity index (χ1) is 6.77. The van der Waals surface area contributed by atoms with Gasteiger partial charge in [-0.15, -0.1) is 0 Å². The summed E-state index contributed by atoms with van der Waals surface area (Å²) in [6, 6.07) is 6.15. The summed E-state index contributed by atoms with van der Waals surface area (Å²) in [7, 11) is 0. The molecule has 1 aromatic carbocycles. The van der Waals surface area contributed by atoms with Crippen molar-refractivity contribution in [3.05, 3.63) is 47.8 Å². The highest BCUT2D eigenvalue weighted by molar-refractivity contribution is 6.32. The lowest BCUT2D eigenvalue weighted by Gasteiger charge is -2.01. The number of aromatic nitrogens is 2. The maximum atomic E-state index is 12.9. The van der Waals surface area contributed by atoms with Crippen LogP contribution in [-0.4, -0.2) is 9.97 Å². The zero-order valence-corrected chi connectivity index (χ0v) is 7.87. The molecule has 0 amide bonds. The summed E-state index contributed by atoms with van der Waals surface area (Å²) in [4.78, 5) is 7.65. The first-order valence-corrected chi connectivity index (χ1v) is 4.36. The number of halogens is 2. The Labute approximate surface area is 85.4 Å². The third-order valence-corrected chi connectivity index (χ3v) is 2.10. The van der Waals surface area contributed by atoms with Crippen molar-refractivity contribution in [2.24, 2.45) is 0 Å². The zero-order valence-electron chi connectivity index (χ0n) is 7.11. The van der Waals surface area contributed by atoms with Gasteiger partial charge in [-0.25, -0.2) is 14.4 Å². The number of hydrogen-bond donors (Lipinski definition) is 0. The molecule has 0 aliphatic carbocycles. The topological polar surface area (TPSA) is 25.8 Å². The van der Waals surface area contributed by atoms with E-state index in [-0.39, 0.29) is 5.82 Å². The SMILES string of the molecule is Fc1cccc(-c2cncnc2Cl)c1. The Morgan fingerprint density at radius 3 is 2.86 bits per heavy atom. The molecule has 0 aliphatic rings. The number of rotatable bonds is 1. The van der Waals surface area contributed by atoms with E-state index in [0.717, 1.165) is 0 Å². The molecule has 0 saturated heterocycles. The Bertz CT molecular complexity index is 459. The Morgan fingerprint density at radius 1 is 1.29 bits per heavy atom. The van der Waals surface area contributed by atoms with Crippen LogP contribution in [0.4, 0.5) is 4.39 Å². The molecule has 0 aliphatic heterocycles. The minimum Gasteiger partial charge on any atom is -0.244 e. The summed E-state index contributed by atoms with van der Waals surface area (Å²) < 4.78 is 12.9. The molecule has 1 aromatic heterocycles. The third kappa shape index (κ3) is 1.72. The third-order valence-electron chi connectivity index (χ3n) is 1.80. The maximum absolute atomic E-state index is 12.9. The first-order valence-electron chi connectivity index (χ1n) is 3.99. The standard InChI is InChI=1S/C10H6ClFN2/c11-10-9(5-13-6-14-10)7-2-1-3-8(12)4-7/h1-6H. The monoisotopic (exact) mass is 208 g/mol. The summed E-state index contributed by atoms with van der Waals surface area (Å²) in [6.45, 7) is 0. The van der Waals surface area contributed by atoms with E-state index in [2.05, 4.69) is 9.97 Å². The Hall–Kier alpha value is -1.48. The minimum atomic E-state index is -0.303. The van der Waals surface area contributed by atoms with Gasteiger partial charge >= 0.3 is 0 Å². The van der Waals surface area contributed by atoms with E-state index in [4.69, 9.17) is 11.6 Å². The van der Waals surface area contributed by atoms with Crippen molar-refractivity contribution in [2.45, 2.75) is 0 Å². The first kappa shape index (κ1) is 9.09. The molecule has 0 spiro atoms. The van der Waals surface area contributed by atoms with Crippen LogP contribution in [0.1, 0.15) is 0 Å². The highest BCUT2D eigenvalue weighted by Gasteiger charge is 2.04. The van der Waals surface area contributed by atoms with E-state index in [1.54, 1.807) is 18.3 Å². The second kappa shape index (κ2) is 3.72. The van der Waals surface area contributed by atoms with Crippen molar-refractivity contribution in [3.8, 4) is 11.1 Å². The lowest BCUT2D eigenvalue weighted by Crippen LogP contribution is -1.85. The summed E-state index contributed by atoms with van der Waals surface area (Å²) in [5, 5.41) is 0.325. The van der Waals surface area contributed by atoms with E-state index in [0.29, 0.717) is 16.3 Å². The van der Waals surface area contributed by atoms with Gasteiger partial charge in [0, 0.05) is 11.8 Å². The minimum absolute atomic E-state index is 0.303. The average Bonchev–Trinajstić information content (AvgIpc) is 2.18. The summed E-state index contributed by atoms with van der Waals surface area (Å²) >= 11 is 5.84. The second-order valence-corrected chi connectivity index (χ2v) is 3.10. The normalized spacial score (nSPS) is 10.1. The molecule has 0 atom stereocenters. The second-order valence-electron chi connectivity index (χ2n) is 2.74. The van der Waals surface area contributed by atoms with Crippen LogP contribution in [0.3, 0.4) is 0 Å². The van der Waals surface area contributed by atoms with Gasteiger partial charge in [0.05, 0.1) is 0 Å². The van der Waals surface area contributed by atoms with E-state index in [9.17, 15) is 4.39 Å². The van der Waals surface area contributed by atoms with E-state index < -0.39 is 0 Å². The van der Waals surface area contributed by atoms with Crippen LogP contribution in [0.15, 0.2) is 36.8 Å². The molecule has 2 aromatic rings. The molecule has 2 nitrogen and oxygen atoms in total. The molecule has 2 rings (SSSR count). The van der Waals surface area contributed by atoms with Gasteiger partial charge in [0.1, 0.15) is 17.3 Å². The van der Waals surface area contributed by atoms with E-state index >= 15 is 0 Å². The van der Waals surface area contributed by atoms with Gasteiger partial charge in [-0.2, -0.15) is 0 Å². The summed E-state index contributed by atoms with van der Waals surface area (Å²) in [5.41, 5.74) is 1.31. The lowest BCUT2D eigenvalue weighted by atomic mass is 10.1. The van der Waals surface area contributed by atoms with Crippen LogP contribution in [-0.2, 0) is 0 Å². The maximum Gasteiger partial charge on any atom is 0.140 e. The molecule has 0 saturated carbocycles. The largest absolute Gasteiger partial charge is 0.244 e. The Kier molecular flexibility index (Phi) is 2.41. The smallest absolute Gasteiger partial charge is 0.140 e. The molecule has 0 N–H and O–H groups in total. The van der Waals surface area contributed by atoms with E-state index in [1.165, 1.54) is 18.5 Å². The predicted molar refractivity (Wildman–Crippen MR) is 52.4 cm³/mol. The Balaban J connectivity index is 2.55. The van der Waals surface area contributed by atoms with Gasteiger partial charge < -0.3 is 0 Å². The number of nitrogens with zero attached hydrogens (tertiary/aromatic N) is 2. The van der Waals surface area contributed by atoms with Crippen LogP contribution in [0.25, 0.3) is 11.1 Å². The molecule has 0 bridgehead atoms. The average molecular weight is 209 g/mol. The molecule has 0 radical (unpaired) electrons. The molecular formula is C10H6ClFN2. The highest BCUT2D eigenvalue weighted by Crippen LogP contribution is 2.24. The van der Waals surface area contributed by atoms with Crippen molar-refractivity contribution < 1.29 is 4.39 Å². The lowest BCUT2D eigenvalue weighted by molar-refractivity contribution is 0.628. The van der Waals surface area contributed by atoms with Gasteiger partial charge in [-0.05, 0) is 17.7 Å². The molecule has 70 valence electrons. The van der Waals surface area contributed by atoms with Crippen molar-refractivity contribution >= 4 is 11.6 Å². The summed E-state index contributed by atoms with van der Waals surface area (Å²) in [5.74, 6) is -0.303. The van der Waals surface area contributed by atoms with Crippen molar-refractivity contribution in [2.75, 3.05) is 0 Å². The molecule has 14 heavy (non-hydrogen) atoms. The van der Waals surface area contributed by atoms with Gasteiger partial charge in [0.2, 0.25) is 0 Å². The number of hydrogen-bond acceptors (Lipinski definition) is 2. The fraction of sp³-hybridized carbons (Fsp3) is 0. The van der Waals surface area contributed by atoms with Gasteiger partial charge in [-0.1, -0.05) is 23.7 Å². The molecule has 0 unspecified atom stereocenters. The van der Waals surface area contributed by atoms with E-state index in [1.807, 2.05) is 0 Å². The van der Waals surface area contributed by atoms with Crippen molar-refractivity contribution in [1.29, 1.82) is 0 Å². The fourth-order valence-electron chi connectivity index (χ4n) is 1.16.